The van der Waals surface area contributed by atoms with Gasteiger partial charge < -0.3 is 5.32 Å². The highest BCUT2D eigenvalue weighted by Gasteiger charge is 2.18. The Morgan fingerprint density at radius 3 is 2.88 bits per heavy atom. The molecule has 0 saturated heterocycles. The molecule has 94 valence electrons. The Kier molecular flexibility index (Phi) is 4.03. The number of halogens is 1. The summed E-state index contributed by atoms with van der Waals surface area (Å²) < 4.78 is 13.1. The van der Waals surface area contributed by atoms with Crippen LogP contribution in [0.25, 0.3) is 0 Å². The third-order valence-electron chi connectivity index (χ3n) is 3.80. The smallest absolute Gasteiger partial charge is 0.126 e. The molecule has 0 aliphatic heterocycles. The van der Waals surface area contributed by atoms with Crippen molar-refractivity contribution in [2.24, 2.45) is 11.8 Å². The molecule has 0 radical (unpaired) electrons. The second-order valence-electron chi connectivity index (χ2n) is 5.48. The summed E-state index contributed by atoms with van der Waals surface area (Å²) in [6, 6.07) is 5.26. The topological polar surface area (TPSA) is 12.0 Å². The highest BCUT2D eigenvalue weighted by molar-refractivity contribution is 5.45. The van der Waals surface area contributed by atoms with Crippen molar-refractivity contribution in [1.82, 2.24) is 0 Å². The van der Waals surface area contributed by atoms with Gasteiger partial charge in [-0.25, -0.2) is 4.39 Å². The average molecular weight is 235 g/mol. The fourth-order valence-electron chi connectivity index (χ4n) is 2.76. The van der Waals surface area contributed by atoms with E-state index in [1.54, 1.807) is 6.07 Å². The molecule has 1 aliphatic rings. The third kappa shape index (κ3) is 3.45. The Labute approximate surface area is 103 Å². The van der Waals surface area contributed by atoms with Crippen LogP contribution >= 0.6 is 0 Å². The van der Waals surface area contributed by atoms with Crippen molar-refractivity contribution in [2.45, 2.75) is 39.5 Å². The summed E-state index contributed by atoms with van der Waals surface area (Å²) in [5, 5.41) is 3.44. The van der Waals surface area contributed by atoms with Crippen LogP contribution in [0.1, 0.15) is 38.2 Å². The van der Waals surface area contributed by atoms with Crippen LogP contribution in [0.5, 0.6) is 0 Å². The number of nitrogens with one attached hydrogen (secondary N) is 1. The summed E-state index contributed by atoms with van der Waals surface area (Å²) in [6.45, 7) is 5.17. The molecule has 2 rings (SSSR count). The first-order chi connectivity index (χ1) is 8.15. The van der Waals surface area contributed by atoms with Crippen LogP contribution in [0.15, 0.2) is 18.2 Å². The van der Waals surface area contributed by atoms with E-state index < -0.39 is 0 Å². The van der Waals surface area contributed by atoms with Gasteiger partial charge in [-0.15, -0.1) is 0 Å². The van der Waals surface area contributed by atoms with E-state index in [4.69, 9.17) is 0 Å². The standard InChI is InChI=1S/C15H22FN/c1-11-4-3-5-13(8-11)10-17-14-6-7-15(16)12(2)9-14/h6-7,9,11,13,17H,3-5,8,10H2,1-2H3. The van der Waals surface area contributed by atoms with Crippen LogP contribution in [0.4, 0.5) is 10.1 Å². The molecule has 0 heterocycles. The number of hydrogen-bond acceptors (Lipinski definition) is 1. The third-order valence-corrected chi connectivity index (χ3v) is 3.80. The van der Waals surface area contributed by atoms with Crippen LogP contribution < -0.4 is 5.32 Å². The van der Waals surface area contributed by atoms with E-state index in [2.05, 4.69) is 12.2 Å². The van der Waals surface area contributed by atoms with Crippen molar-refractivity contribution >= 4 is 5.69 Å². The molecular formula is C15H22FN. The highest BCUT2D eigenvalue weighted by Crippen LogP contribution is 2.28. The van der Waals surface area contributed by atoms with Gasteiger partial charge in [-0.05, 0) is 55.4 Å². The second-order valence-corrected chi connectivity index (χ2v) is 5.48. The van der Waals surface area contributed by atoms with Gasteiger partial charge in [0.25, 0.3) is 0 Å². The van der Waals surface area contributed by atoms with E-state index in [1.165, 1.54) is 25.7 Å². The quantitative estimate of drug-likeness (QED) is 0.820. The summed E-state index contributed by atoms with van der Waals surface area (Å²) in [5.41, 5.74) is 1.76. The summed E-state index contributed by atoms with van der Waals surface area (Å²) in [4.78, 5) is 0. The van der Waals surface area contributed by atoms with Gasteiger partial charge in [0.2, 0.25) is 0 Å². The normalized spacial score (nSPS) is 24.6. The van der Waals surface area contributed by atoms with E-state index in [0.717, 1.165) is 24.1 Å². The van der Waals surface area contributed by atoms with Crippen LogP contribution in [0.2, 0.25) is 0 Å². The molecule has 0 bridgehead atoms. The Morgan fingerprint density at radius 2 is 2.18 bits per heavy atom. The number of rotatable bonds is 3. The Morgan fingerprint density at radius 1 is 1.35 bits per heavy atom. The van der Waals surface area contributed by atoms with Crippen molar-refractivity contribution in [2.75, 3.05) is 11.9 Å². The van der Waals surface area contributed by atoms with Crippen molar-refractivity contribution < 1.29 is 4.39 Å². The molecule has 2 unspecified atom stereocenters. The minimum absolute atomic E-state index is 0.123. The van der Waals surface area contributed by atoms with E-state index >= 15 is 0 Å². The molecule has 2 heteroatoms. The lowest BCUT2D eigenvalue weighted by atomic mass is 9.82. The molecule has 0 spiro atoms. The van der Waals surface area contributed by atoms with Crippen molar-refractivity contribution in [1.29, 1.82) is 0 Å². The maximum atomic E-state index is 13.1. The highest BCUT2D eigenvalue weighted by atomic mass is 19.1. The fourth-order valence-corrected chi connectivity index (χ4v) is 2.76. The van der Waals surface area contributed by atoms with Crippen molar-refractivity contribution in [3.05, 3.63) is 29.6 Å². The van der Waals surface area contributed by atoms with Gasteiger partial charge in [0.1, 0.15) is 5.82 Å². The molecule has 0 amide bonds. The Balaban J connectivity index is 1.86. The summed E-state index contributed by atoms with van der Waals surface area (Å²) in [6.07, 6.45) is 5.40. The van der Waals surface area contributed by atoms with Gasteiger partial charge in [-0.2, -0.15) is 0 Å². The molecule has 0 aromatic heterocycles. The minimum atomic E-state index is -0.123. The molecule has 1 saturated carbocycles. The van der Waals surface area contributed by atoms with Crippen LogP contribution in [-0.2, 0) is 0 Å². The maximum Gasteiger partial charge on any atom is 0.126 e. The molecule has 1 aromatic carbocycles. The van der Waals surface area contributed by atoms with E-state index in [9.17, 15) is 4.39 Å². The Hall–Kier alpha value is -1.05. The first-order valence-electron chi connectivity index (χ1n) is 6.65. The van der Waals surface area contributed by atoms with Crippen molar-refractivity contribution in [3.8, 4) is 0 Å². The van der Waals surface area contributed by atoms with Crippen LogP contribution in [0, 0.1) is 24.6 Å². The molecule has 1 N–H and O–H groups in total. The minimum Gasteiger partial charge on any atom is -0.385 e. The predicted molar refractivity (Wildman–Crippen MR) is 70.7 cm³/mol. The zero-order valence-electron chi connectivity index (χ0n) is 10.8. The van der Waals surface area contributed by atoms with Gasteiger partial charge in [0, 0.05) is 12.2 Å². The predicted octanol–water partition coefficient (Wildman–Crippen LogP) is 4.37. The van der Waals surface area contributed by atoms with Gasteiger partial charge in [-0.1, -0.05) is 19.8 Å². The molecule has 1 fully saturated rings. The largest absolute Gasteiger partial charge is 0.385 e. The summed E-state index contributed by atoms with van der Waals surface area (Å²) in [5.74, 6) is 1.52. The zero-order valence-corrected chi connectivity index (χ0v) is 10.8. The van der Waals surface area contributed by atoms with Crippen molar-refractivity contribution in [3.63, 3.8) is 0 Å². The number of anilines is 1. The summed E-state index contributed by atoms with van der Waals surface area (Å²) in [7, 11) is 0. The molecule has 1 nitrogen and oxygen atoms in total. The summed E-state index contributed by atoms with van der Waals surface area (Å²) >= 11 is 0. The van der Waals surface area contributed by atoms with E-state index in [0.29, 0.717) is 5.56 Å². The van der Waals surface area contributed by atoms with Gasteiger partial charge >= 0.3 is 0 Å². The second kappa shape index (κ2) is 5.52. The van der Waals surface area contributed by atoms with Gasteiger partial charge in [0.05, 0.1) is 0 Å². The van der Waals surface area contributed by atoms with Gasteiger partial charge in [-0.3, -0.25) is 0 Å². The lowest BCUT2D eigenvalue weighted by Gasteiger charge is -2.27. The van der Waals surface area contributed by atoms with Crippen LogP contribution in [-0.4, -0.2) is 6.54 Å². The fraction of sp³-hybridized carbons (Fsp3) is 0.600. The molecule has 2 atom stereocenters. The average Bonchev–Trinajstić information content (AvgIpc) is 2.31. The molecule has 17 heavy (non-hydrogen) atoms. The lowest BCUT2D eigenvalue weighted by molar-refractivity contribution is 0.293. The number of aryl methyl sites for hydroxylation is 1. The van der Waals surface area contributed by atoms with Crippen LogP contribution in [0.3, 0.4) is 0 Å². The number of hydrogen-bond donors (Lipinski definition) is 1. The first kappa shape index (κ1) is 12.4. The number of benzene rings is 1. The molecular weight excluding hydrogens is 213 g/mol. The monoisotopic (exact) mass is 235 g/mol. The molecule has 1 aromatic rings. The first-order valence-corrected chi connectivity index (χ1v) is 6.65. The van der Waals surface area contributed by atoms with E-state index in [-0.39, 0.29) is 5.82 Å². The molecule has 1 aliphatic carbocycles. The maximum absolute atomic E-state index is 13.1. The SMILES string of the molecule is Cc1cc(NCC2CCCC(C)C2)ccc1F. The zero-order chi connectivity index (χ0) is 12.3. The van der Waals surface area contributed by atoms with E-state index in [1.807, 2.05) is 19.1 Å². The van der Waals surface area contributed by atoms with Gasteiger partial charge in [0.15, 0.2) is 0 Å². The lowest BCUT2D eigenvalue weighted by Crippen LogP contribution is -2.21. The Bertz CT molecular complexity index is 375.